The maximum atomic E-state index is 14.7. The number of anilines is 1. The van der Waals surface area contributed by atoms with Crippen LogP contribution in [0.5, 0.6) is 0 Å². The van der Waals surface area contributed by atoms with Crippen molar-refractivity contribution in [1.82, 2.24) is 10.2 Å². The van der Waals surface area contributed by atoms with E-state index in [4.69, 9.17) is 23.2 Å². The zero-order chi connectivity index (χ0) is 28.9. The van der Waals surface area contributed by atoms with Gasteiger partial charge in [0.2, 0.25) is 11.8 Å². The number of nitrogens with one attached hydrogen (secondary N) is 1. The van der Waals surface area contributed by atoms with E-state index < -0.39 is 34.3 Å². The van der Waals surface area contributed by atoms with Gasteiger partial charge in [0.25, 0.3) is 10.0 Å². The Hall–Kier alpha value is -3.14. The number of hydrogen-bond donors (Lipinski definition) is 1. The molecule has 0 radical (unpaired) electrons. The van der Waals surface area contributed by atoms with Gasteiger partial charge >= 0.3 is 0 Å². The van der Waals surface area contributed by atoms with Crippen molar-refractivity contribution in [3.05, 3.63) is 94.2 Å². The van der Waals surface area contributed by atoms with Crippen LogP contribution in [0, 0.1) is 5.82 Å². The van der Waals surface area contributed by atoms with Crippen molar-refractivity contribution in [3.63, 3.8) is 0 Å². The highest BCUT2D eigenvalue weighted by atomic mass is 35.5. The molecule has 0 heterocycles. The molecule has 0 unspecified atom stereocenters. The average Bonchev–Trinajstić information content (AvgIpc) is 3.44. The first-order chi connectivity index (χ1) is 19.1. The molecule has 4 rings (SSSR count). The molecule has 212 valence electrons. The summed E-state index contributed by atoms with van der Waals surface area (Å²) in [6, 6.07) is 16.6. The molecule has 0 spiro atoms. The first kappa shape index (κ1) is 29.8. The highest BCUT2D eigenvalue weighted by molar-refractivity contribution is 7.92. The minimum absolute atomic E-state index is 0.00797. The number of halogens is 3. The Bertz CT molecular complexity index is 1460. The zero-order valence-corrected chi connectivity index (χ0v) is 24.2. The van der Waals surface area contributed by atoms with Gasteiger partial charge in [-0.05, 0) is 68.3 Å². The van der Waals surface area contributed by atoms with Crippen molar-refractivity contribution in [2.75, 3.05) is 10.8 Å². The van der Waals surface area contributed by atoms with Gasteiger partial charge in [-0.3, -0.25) is 13.9 Å². The lowest BCUT2D eigenvalue weighted by Crippen LogP contribution is -2.52. The second-order valence-electron chi connectivity index (χ2n) is 9.72. The van der Waals surface area contributed by atoms with Gasteiger partial charge in [-0.25, -0.2) is 12.8 Å². The largest absolute Gasteiger partial charge is 0.352 e. The number of benzene rings is 3. The van der Waals surface area contributed by atoms with E-state index in [2.05, 4.69) is 5.32 Å². The van der Waals surface area contributed by atoms with E-state index in [-0.39, 0.29) is 39.7 Å². The van der Waals surface area contributed by atoms with Gasteiger partial charge in [-0.1, -0.05) is 60.3 Å². The van der Waals surface area contributed by atoms with Gasteiger partial charge in [0.15, 0.2) is 0 Å². The average molecular weight is 607 g/mol. The lowest BCUT2D eigenvalue weighted by molar-refractivity contribution is -0.139. The van der Waals surface area contributed by atoms with Crippen molar-refractivity contribution in [1.29, 1.82) is 0 Å². The summed E-state index contributed by atoms with van der Waals surface area (Å²) >= 11 is 12.1. The Morgan fingerprint density at radius 1 is 0.975 bits per heavy atom. The van der Waals surface area contributed by atoms with Crippen LogP contribution >= 0.6 is 23.2 Å². The fraction of sp³-hybridized carbons (Fsp3) is 0.310. The third-order valence-corrected chi connectivity index (χ3v) is 9.22. The second-order valence-corrected chi connectivity index (χ2v) is 12.5. The standard InChI is InChI=1S/C29H30Cl2FN3O4S/c1-20(29(37)33-24-9-3-4-10-24)34(18-21-7-2-5-12-27(21)32)28(36)19-35(25-11-6-8-23(31)17-25)40(38,39)26-15-13-22(30)14-16-26/h2,5-8,11-17,20,24H,3-4,9-10,18-19H2,1H3,(H,33,37)/t20-/m1/s1. The first-order valence-corrected chi connectivity index (χ1v) is 15.1. The summed E-state index contributed by atoms with van der Waals surface area (Å²) in [5, 5.41) is 3.60. The summed E-state index contributed by atoms with van der Waals surface area (Å²) < 4.78 is 43.2. The maximum absolute atomic E-state index is 14.7. The predicted octanol–water partition coefficient (Wildman–Crippen LogP) is 5.80. The van der Waals surface area contributed by atoms with Crippen molar-refractivity contribution in [3.8, 4) is 0 Å². The van der Waals surface area contributed by atoms with Crippen LogP contribution in [-0.4, -0.2) is 43.8 Å². The molecule has 1 saturated carbocycles. The van der Waals surface area contributed by atoms with E-state index >= 15 is 0 Å². The molecule has 1 fully saturated rings. The Kier molecular flexibility index (Phi) is 9.71. The monoisotopic (exact) mass is 605 g/mol. The van der Waals surface area contributed by atoms with Gasteiger partial charge < -0.3 is 10.2 Å². The molecule has 0 bridgehead atoms. The molecule has 1 aliphatic rings. The maximum Gasteiger partial charge on any atom is 0.264 e. The number of amides is 2. The summed E-state index contributed by atoms with van der Waals surface area (Å²) in [4.78, 5) is 28.2. The first-order valence-electron chi connectivity index (χ1n) is 12.9. The van der Waals surface area contributed by atoms with Crippen LogP contribution in [0.2, 0.25) is 10.0 Å². The van der Waals surface area contributed by atoms with Crippen LogP contribution < -0.4 is 9.62 Å². The van der Waals surface area contributed by atoms with E-state index in [1.54, 1.807) is 25.1 Å². The molecular weight excluding hydrogens is 576 g/mol. The Morgan fingerprint density at radius 3 is 2.30 bits per heavy atom. The Morgan fingerprint density at radius 2 is 1.65 bits per heavy atom. The number of nitrogens with zero attached hydrogens (tertiary/aromatic N) is 2. The van der Waals surface area contributed by atoms with E-state index in [1.165, 1.54) is 59.5 Å². The normalized spacial score (nSPS) is 14.5. The number of carbonyl (C=O) groups excluding carboxylic acids is 2. The van der Waals surface area contributed by atoms with Gasteiger partial charge in [0.05, 0.1) is 10.6 Å². The lowest BCUT2D eigenvalue weighted by atomic mass is 10.1. The Labute approximate surface area is 243 Å². The summed E-state index contributed by atoms with van der Waals surface area (Å²) in [7, 11) is -4.27. The smallest absolute Gasteiger partial charge is 0.264 e. The molecule has 3 aromatic carbocycles. The number of hydrogen-bond acceptors (Lipinski definition) is 4. The van der Waals surface area contributed by atoms with E-state index in [0.717, 1.165) is 30.0 Å². The van der Waals surface area contributed by atoms with Crippen LogP contribution in [-0.2, 0) is 26.2 Å². The molecule has 40 heavy (non-hydrogen) atoms. The molecular formula is C29H30Cl2FN3O4S. The van der Waals surface area contributed by atoms with Gasteiger partial charge in [0, 0.05) is 28.2 Å². The molecule has 1 atom stereocenters. The summed E-state index contributed by atoms with van der Waals surface area (Å²) in [6.07, 6.45) is 3.71. The molecule has 7 nitrogen and oxygen atoms in total. The lowest BCUT2D eigenvalue weighted by Gasteiger charge is -2.32. The van der Waals surface area contributed by atoms with Crippen LogP contribution in [0.15, 0.2) is 77.7 Å². The molecule has 11 heteroatoms. The zero-order valence-electron chi connectivity index (χ0n) is 21.9. The van der Waals surface area contributed by atoms with Gasteiger partial charge in [-0.2, -0.15) is 0 Å². The molecule has 0 aromatic heterocycles. The van der Waals surface area contributed by atoms with Crippen molar-refractivity contribution < 1.29 is 22.4 Å². The molecule has 3 aromatic rings. The third kappa shape index (κ3) is 7.13. The van der Waals surface area contributed by atoms with Crippen LogP contribution in [0.25, 0.3) is 0 Å². The highest BCUT2D eigenvalue weighted by Crippen LogP contribution is 2.28. The number of rotatable bonds is 10. The molecule has 0 aliphatic heterocycles. The van der Waals surface area contributed by atoms with E-state index in [1.807, 2.05) is 0 Å². The fourth-order valence-corrected chi connectivity index (χ4v) is 6.40. The van der Waals surface area contributed by atoms with Crippen LogP contribution in [0.3, 0.4) is 0 Å². The van der Waals surface area contributed by atoms with E-state index in [9.17, 15) is 22.4 Å². The minimum Gasteiger partial charge on any atom is -0.352 e. The summed E-state index contributed by atoms with van der Waals surface area (Å²) in [5.41, 5.74) is 0.357. The molecule has 2 amide bonds. The fourth-order valence-electron chi connectivity index (χ4n) is 4.68. The summed E-state index contributed by atoms with van der Waals surface area (Å²) in [5.74, 6) is -1.61. The summed E-state index contributed by atoms with van der Waals surface area (Å²) in [6.45, 7) is 0.677. The number of sulfonamides is 1. The topological polar surface area (TPSA) is 86.8 Å². The predicted molar refractivity (Wildman–Crippen MR) is 154 cm³/mol. The van der Waals surface area contributed by atoms with Crippen LogP contribution in [0.4, 0.5) is 10.1 Å². The quantitative estimate of drug-likeness (QED) is 0.316. The highest BCUT2D eigenvalue weighted by Gasteiger charge is 2.33. The minimum atomic E-state index is -4.27. The van der Waals surface area contributed by atoms with Gasteiger partial charge in [-0.15, -0.1) is 0 Å². The third-order valence-electron chi connectivity index (χ3n) is 6.94. The second kappa shape index (κ2) is 13.0. The molecule has 1 aliphatic carbocycles. The van der Waals surface area contributed by atoms with Crippen molar-refractivity contribution in [2.45, 2.75) is 56.1 Å². The molecule has 0 saturated heterocycles. The van der Waals surface area contributed by atoms with E-state index in [0.29, 0.717) is 5.02 Å². The van der Waals surface area contributed by atoms with Crippen LogP contribution in [0.1, 0.15) is 38.2 Å². The Balaban J connectivity index is 1.69. The SMILES string of the molecule is C[C@H](C(=O)NC1CCCC1)N(Cc1ccccc1F)C(=O)CN(c1cccc(Cl)c1)S(=O)(=O)c1ccc(Cl)cc1. The molecule has 1 N–H and O–H groups in total. The van der Waals surface area contributed by atoms with Crippen molar-refractivity contribution in [2.24, 2.45) is 0 Å². The number of carbonyl (C=O) groups is 2. The van der Waals surface area contributed by atoms with Gasteiger partial charge in [0.1, 0.15) is 18.4 Å². The van der Waals surface area contributed by atoms with Crippen molar-refractivity contribution >= 4 is 50.7 Å².